The van der Waals surface area contributed by atoms with Crippen LogP contribution in [0.1, 0.15) is 16.7 Å². The van der Waals surface area contributed by atoms with Gasteiger partial charge in [-0.2, -0.15) is 0 Å². The highest BCUT2D eigenvalue weighted by Crippen LogP contribution is 2.20. The van der Waals surface area contributed by atoms with Crippen LogP contribution >= 0.6 is 0 Å². The van der Waals surface area contributed by atoms with E-state index in [-0.39, 0.29) is 11.7 Å². The lowest BCUT2D eigenvalue weighted by molar-refractivity contribution is 0.302. The minimum absolute atomic E-state index is 0.0174. The average molecular weight is 258 g/mol. The summed E-state index contributed by atoms with van der Waals surface area (Å²) in [5, 5.41) is 7.38. The summed E-state index contributed by atoms with van der Waals surface area (Å²) in [6.45, 7) is 2.17. The highest BCUT2D eigenvalue weighted by molar-refractivity contribution is 5.95. The summed E-state index contributed by atoms with van der Waals surface area (Å²) in [7, 11) is 0. The predicted octanol–water partition coefficient (Wildman–Crippen LogP) is 3.00. The smallest absolute Gasteiger partial charge is 0.126 e. The zero-order valence-corrected chi connectivity index (χ0v) is 10.6. The number of benzene rings is 2. The minimum Gasteiger partial charge on any atom is -0.489 e. The second kappa shape index (κ2) is 5.52. The molecule has 0 saturated heterocycles. The number of amidine groups is 1. The fourth-order valence-electron chi connectivity index (χ4n) is 1.72. The quantitative estimate of drug-likeness (QED) is 0.654. The molecule has 0 aliphatic heterocycles. The Morgan fingerprint density at radius 3 is 2.79 bits per heavy atom. The van der Waals surface area contributed by atoms with Crippen molar-refractivity contribution in [2.75, 3.05) is 0 Å². The molecule has 0 radical (unpaired) electrons. The number of hydrogen-bond donors (Lipinski definition) is 2. The van der Waals surface area contributed by atoms with Gasteiger partial charge in [0.2, 0.25) is 0 Å². The second-order valence-electron chi connectivity index (χ2n) is 4.31. The maximum absolute atomic E-state index is 13.1. The SMILES string of the molecule is Cc1ccc(F)cc1OCc1cccc(C(=N)N)c1. The van der Waals surface area contributed by atoms with Crippen LogP contribution in [-0.2, 0) is 6.61 Å². The van der Waals surface area contributed by atoms with Crippen molar-refractivity contribution in [2.24, 2.45) is 5.73 Å². The number of nitrogen functional groups attached to an aromatic ring is 1. The van der Waals surface area contributed by atoms with Crippen LogP contribution < -0.4 is 10.5 Å². The Morgan fingerprint density at radius 1 is 1.26 bits per heavy atom. The molecule has 98 valence electrons. The maximum atomic E-state index is 13.1. The first kappa shape index (κ1) is 13.1. The van der Waals surface area contributed by atoms with Crippen molar-refractivity contribution in [2.45, 2.75) is 13.5 Å². The van der Waals surface area contributed by atoms with Gasteiger partial charge in [0.15, 0.2) is 0 Å². The van der Waals surface area contributed by atoms with Crippen LogP contribution in [-0.4, -0.2) is 5.84 Å². The molecule has 0 aliphatic rings. The van der Waals surface area contributed by atoms with E-state index in [4.69, 9.17) is 15.9 Å². The van der Waals surface area contributed by atoms with Gasteiger partial charge in [0.05, 0.1) is 0 Å². The van der Waals surface area contributed by atoms with E-state index in [1.54, 1.807) is 18.2 Å². The number of hydrogen-bond acceptors (Lipinski definition) is 2. The normalized spacial score (nSPS) is 10.2. The summed E-state index contributed by atoms with van der Waals surface area (Å²) in [5.41, 5.74) is 7.84. The molecule has 0 spiro atoms. The number of rotatable bonds is 4. The molecule has 0 amide bonds. The van der Waals surface area contributed by atoms with Crippen LogP contribution in [0.25, 0.3) is 0 Å². The molecular weight excluding hydrogens is 243 g/mol. The van der Waals surface area contributed by atoms with Gasteiger partial charge in [0, 0.05) is 11.6 Å². The van der Waals surface area contributed by atoms with Crippen molar-refractivity contribution in [3.05, 3.63) is 65.0 Å². The first-order valence-electron chi connectivity index (χ1n) is 5.88. The molecule has 0 aliphatic carbocycles. The Bertz CT molecular complexity index is 611. The molecule has 2 rings (SSSR count). The highest BCUT2D eigenvalue weighted by atomic mass is 19.1. The van der Waals surface area contributed by atoms with Crippen LogP contribution in [0.3, 0.4) is 0 Å². The van der Waals surface area contributed by atoms with Crippen molar-refractivity contribution in [1.29, 1.82) is 5.41 Å². The summed E-state index contributed by atoms with van der Waals surface area (Å²) in [4.78, 5) is 0. The van der Waals surface area contributed by atoms with Crippen molar-refractivity contribution in [3.8, 4) is 5.75 Å². The molecule has 3 N–H and O–H groups in total. The molecule has 0 unspecified atom stereocenters. The lowest BCUT2D eigenvalue weighted by atomic mass is 10.1. The van der Waals surface area contributed by atoms with Gasteiger partial charge in [-0.25, -0.2) is 4.39 Å². The first-order valence-corrected chi connectivity index (χ1v) is 5.88. The fourth-order valence-corrected chi connectivity index (χ4v) is 1.72. The van der Waals surface area contributed by atoms with Crippen molar-refractivity contribution in [1.82, 2.24) is 0 Å². The van der Waals surface area contributed by atoms with Gasteiger partial charge in [-0.1, -0.05) is 24.3 Å². The molecule has 2 aromatic rings. The van der Waals surface area contributed by atoms with Gasteiger partial charge in [-0.15, -0.1) is 0 Å². The van der Waals surface area contributed by atoms with Crippen molar-refractivity contribution < 1.29 is 9.13 Å². The lowest BCUT2D eigenvalue weighted by Crippen LogP contribution is -2.11. The minimum atomic E-state index is -0.321. The van der Waals surface area contributed by atoms with Crippen LogP contribution in [0.4, 0.5) is 4.39 Å². The standard InChI is InChI=1S/C15H15FN2O/c1-10-5-6-13(16)8-14(10)19-9-11-3-2-4-12(7-11)15(17)18/h2-8H,9H2,1H3,(H3,17,18). The average Bonchev–Trinajstić information content (AvgIpc) is 2.40. The van der Waals surface area contributed by atoms with Gasteiger partial charge in [0.25, 0.3) is 0 Å². The van der Waals surface area contributed by atoms with Crippen LogP contribution in [0.15, 0.2) is 42.5 Å². The number of halogens is 1. The molecule has 4 heteroatoms. The van der Waals surface area contributed by atoms with E-state index in [9.17, 15) is 4.39 Å². The highest BCUT2D eigenvalue weighted by Gasteiger charge is 2.03. The van der Waals surface area contributed by atoms with Crippen molar-refractivity contribution >= 4 is 5.84 Å². The number of nitrogens with one attached hydrogen (secondary N) is 1. The maximum Gasteiger partial charge on any atom is 0.126 e. The van der Waals surface area contributed by atoms with Gasteiger partial charge >= 0.3 is 0 Å². The Morgan fingerprint density at radius 2 is 2.05 bits per heavy atom. The molecule has 0 atom stereocenters. The number of aryl methyl sites for hydroxylation is 1. The van der Waals surface area contributed by atoms with E-state index in [2.05, 4.69) is 0 Å². The topological polar surface area (TPSA) is 59.1 Å². The largest absolute Gasteiger partial charge is 0.489 e. The first-order chi connectivity index (χ1) is 9.06. The molecule has 0 aromatic heterocycles. The fraction of sp³-hybridized carbons (Fsp3) is 0.133. The van der Waals surface area contributed by atoms with Crippen LogP contribution in [0.2, 0.25) is 0 Å². The van der Waals surface area contributed by atoms with E-state index in [0.29, 0.717) is 17.9 Å². The van der Waals surface area contributed by atoms with Gasteiger partial charge in [0.1, 0.15) is 24.0 Å². The third-order valence-corrected chi connectivity index (χ3v) is 2.78. The molecule has 2 aromatic carbocycles. The summed E-state index contributed by atoms with van der Waals surface area (Å²) in [6.07, 6.45) is 0. The molecule has 0 fully saturated rings. The summed E-state index contributed by atoms with van der Waals surface area (Å²) >= 11 is 0. The van der Waals surface area contributed by atoms with E-state index < -0.39 is 0 Å². The number of nitrogens with two attached hydrogens (primary N) is 1. The lowest BCUT2D eigenvalue weighted by Gasteiger charge is -2.10. The molecule has 0 bridgehead atoms. The Balaban J connectivity index is 2.12. The molecule has 0 heterocycles. The zero-order valence-electron chi connectivity index (χ0n) is 10.6. The van der Waals surface area contributed by atoms with Crippen LogP contribution in [0, 0.1) is 18.2 Å². The van der Waals surface area contributed by atoms with E-state index in [0.717, 1.165) is 11.1 Å². The van der Waals surface area contributed by atoms with Gasteiger partial charge < -0.3 is 10.5 Å². The number of ether oxygens (including phenoxy) is 1. The third-order valence-electron chi connectivity index (χ3n) is 2.78. The molecule has 3 nitrogen and oxygen atoms in total. The summed E-state index contributed by atoms with van der Waals surface area (Å²) in [5.74, 6) is 0.218. The molecule has 19 heavy (non-hydrogen) atoms. The van der Waals surface area contributed by atoms with E-state index in [1.807, 2.05) is 19.1 Å². The van der Waals surface area contributed by atoms with Crippen molar-refractivity contribution in [3.63, 3.8) is 0 Å². The van der Waals surface area contributed by atoms with Gasteiger partial charge in [-0.3, -0.25) is 5.41 Å². The van der Waals surface area contributed by atoms with E-state index in [1.165, 1.54) is 12.1 Å². The third kappa shape index (κ3) is 3.31. The predicted molar refractivity (Wildman–Crippen MR) is 72.9 cm³/mol. The Kier molecular flexibility index (Phi) is 3.80. The Labute approximate surface area is 111 Å². The van der Waals surface area contributed by atoms with E-state index >= 15 is 0 Å². The zero-order chi connectivity index (χ0) is 13.8. The molecular formula is C15H15FN2O. The van der Waals surface area contributed by atoms with Gasteiger partial charge in [-0.05, 0) is 30.2 Å². The summed E-state index contributed by atoms with van der Waals surface area (Å²) in [6, 6.07) is 11.7. The monoisotopic (exact) mass is 258 g/mol. The Hall–Kier alpha value is -2.36. The second-order valence-corrected chi connectivity index (χ2v) is 4.31. The van der Waals surface area contributed by atoms with Crippen LogP contribution in [0.5, 0.6) is 5.75 Å². The molecule has 0 saturated carbocycles. The summed E-state index contributed by atoms with van der Waals surface area (Å²) < 4.78 is 18.7.